The Bertz CT molecular complexity index is 1340. The first-order chi connectivity index (χ1) is 17.1. The van der Waals surface area contributed by atoms with E-state index in [-0.39, 0.29) is 12.0 Å². The molecule has 0 radical (unpaired) electrons. The molecule has 7 heteroatoms. The summed E-state index contributed by atoms with van der Waals surface area (Å²) in [6.07, 6.45) is 5.92. The number of H-pyrrole nitrogens is 1. The van der Waals surface area contributed by atoms with Crippen molar-refractivity contribution in [1.29, 1.82) is 0 Å². The van der Waals surface area contributed by atoms with Gasteiger partial charge in [0.15, 0.2) is 5.82 Å². The van der Waals surface area contributed by atoms with E-state index in [1.807, 2.05) is 6.20 Å². The Hall–Kier alpha value is -3.58. The molecule has 35 heavy (non-hydrogen) atoms. The van der Waals surface area contributed by atoms with Gasteiger partial charge in [0.05, 0.1) is 11.7 Å². The molecule has 0 spiro atoms. The molecule has 2 aromatic carbocycles. The number of nitrogens with zero attached hydrogens (tertiary/aromatic N) is 5. The van der Waals surface area contributed by atoms with E-state index in [4.69, 9.17) is 0 Å². The van der Waals surface area contributed by atoms with Gasteiger partial charge < -0.3 is 15.2 Å². The molecule has 1 saturated heterocycles. The third-order valence-electron chi connectivity index (χ3n) is 7.48. The molecule has 4 heterocycles. The van der Waals surface area contributed by atoms with Gasteiger partial charge in [-0.05, 0) is 61.2 Å². The van der Waals surface area contributed by atoms with Crippen LogP contribution in [-0.2, 0) is 0 Å². The fourth-order valence-electron chi connectivity index (χ4n) is 5.50. The molecule has 6 rings (SSSR count). The van der Waals surface area contributed by atoms with E-state index in [1.54, 1.807) is 6.33 Å². The van der Waals surface area contributed by atoms with Crippen molar-refractivity contribution in [1.82, 2.24) is 24.6 Å². The summed E-state index contributed by atoms with van der Waals surface area (Å²) >= 11 is 0. The summed E-state index contributed by atoms with van der Waals surface area (Å²) in [5.74, 6) is 1.13. The molecule has 2 aromatic heterocycles. The number of benzene rings is 2. The molecular formula is C28H33N7. The smallest absolute Gasteiger partial charge is 0.174 e. The molecule has 180 valence electrons. The SMILES string of the molecule is CC1C=C(Nc2ccc(N3CCN(C(C)C)CC3)cc2)c2ncnn2C1c1ccc2cc[nH]c2c1. The second kappa shape index (κ2) is 8.89. The van der Waals surface area contributed by atoms with Gasteiger partial charge in [0.2, 0.25) is 0 Å². The van der Waals surface area contributed by atoms with Crippen molar-refractivity contribution in [2.75, 3.05) is 36.4 Å². The van der Waals surface area contributed by atoms with E-state index in [1.165, 1.54) is 16.6 Å². The molecule has 1 fully saturated rings. The molecule has 0 bridgehead atoms. The third-order valence-corrected chi connectivity index (χ3v) is 7.48. The number of fused-ring (bicyclic) bond motifs is 2. The van der Waals surface area contributed by atoms with Crippen LogP contribution in [0.5, 0.6) is 0 Å². The highest BCUT2D eigenvalue weighted by molar-refractivity contribution is 5.80. The zero-order valence-electron chi connectivity index (χ0n) is 20.6. The predicted molar refractivity (Wildman–Crippen MR) is 143 cm³/mol. The maximum atomic E-state index is 4.62. The predicted octanol–water partition coefficient (Wildman–Crippen LogP) is 4.98. The third kappa shape index (κ3) is 4.10. The Morgan fingerprint density at radius 1 is 1.00 bits per heavy atom. The van der Waals surface area contributed by atoms with Gasteiger partial charge in [0.1, 0.15) is 6.33 Å². The van der Waals surface area contributed by atoms with Crippen molar-refractivity contribution < 1.29 is 0 Å². The number of nitrogens with one attached hydrogen (secondary N) is 2. The lowest BCUT2D eigenvalue weighted by Crippen LogP contribution is -2.48. The summed E-state index contributed by atoms with van der Waals surface area (Å²) in [4.78, 5) is 13.0. The lowest BCUT2D eigenvalue weighted by atomic mass is 9.90. The lowest BCUT2D eigenvalue weighted by molar-refractivity contribution is 0.209. The fraction of sp³-hybridized carbons (Fsp3) is 0.357. The minimum absolute atomic E-state index is 0.109. The summed E-state index contributed by atoms with van der Waals surface area (Å²) in [6, 6.07) is 18.2. The van der Waals surface area contributed by atoms with E-state index < -0.39 is 0 Å². The molecule has 0 aliphatic carbocycles. The largest absolute Gasteiger partial charge is 0.369 e. The van der Waals surface area contributed by atoms with E-state index in [9.17, 15) is 0 Å². The Balaban J connectivity index is 1.20. The minimum Gasteiger partial charge on any atom is -0.369 e. The van der Waals surface area contributed by atoms with Gasteiger partial charge >= 0.3 is 0 Å². The lowest BCUT2D eigenvalue weighted by Gasteiger charge is -2.38. The summed E-state index contributed by atoms with van der Waals surface area (Å²) < 4.78 is 2.06. The Morgan fingerprint density at radius 3 is 2.57 bits per heavy atom. The molecule has 2 aliphatic heterocycles. The van der Waals surface area contributed by atoms with Gasteiger partial charge in [-0.25, -0.2) is 9.67 Å². The van der Waals surface area contributed by atoms with Crippen LogP contribution in [0.4, 0.5) is 11.4 Å². The van der Waals surface area contributed by atoms with Crippen molar-refractivity contribution >= 4 is 28.0 Å². The van der Waals surface area contributed by atoms with Gasteiger partial charge in [-0.3, -0.25) is 4.90 Å². The molecule has 2 unspecified atom stereocenters. The normalized spacial score (nSPS) is 20.8. The Kier molecular flexibility index (Phi) is 5.57. The van der Waals surface area contributed by atoms with E-state index in [0.29, 0.717) is 6.04 Å². The first kappa shape index (κ1) is 21.9. The number of hydrogen-bond acceptors (Lipinski definition) is 5. The van der Waals surface area contributed by atoms with Crippen molar-refractivity contribution in [3.63, 3.8) is 0 Å². The van der Waals surface area contributed by atoms with Gasteiger partial charge in [0.25, 0.3) is 0 Å². The molecular weight excluding hydrogens is 434 g/mol. The van der Waals surface area contributed by atoms with Crippen LogP contribution in [0.2, 0.25) is 0 Å². The highest BCUT2D eigenvalue weighted by Crippen LogP contribution is 2.36. The highest BCUT2D eigenvalue weighted by atomic mass is 15.4. The fourth-order valence-corrected chi connectivity index (χ4v) is 5.50. The van der Waals surface area contributed by atoms with Gasteiger partial charge in [0, 0.05) is 61.2 Å². The standard InChI is InChI=1S/C28H33N7/c1-19(2)33-12-14-34(15-13-33)24-8-6-23(7-9-24)32-26-16-20(3)27(35-28(26)30-18-31-35)22-5-4-21-10-11-29-25(21)17-22/h4-11,16-20,27,29,32H,12-15H2,1-3H3. The summed E-state index contributed by atoms with van der Waals surface area (Å²) in [5.41, 5.74) is 5.73. The van der Waals surface area contributed by atoms with Gasteiger partial charge in [-0.1, -0.05) is 25.1 Å². The molecule has 2 atom stereocenters. The van der Waals surface area contributed by atoms with E-state index in [0.717, 1.165) is 48.9 Å². The molecule has 2 aliphatic rings. The first-order valence-corrected chi connectivity index (χ1v) is 12.6. The number of anilines is 2. The first-order valence-electron chi connectivity index (χ1n) is 12.6. The average Bonchev–Trinajstić information content (AvgIpc) is 3.54. The van der Waals surface area contributed by atoms with Crippen LogP contribution in [0.15, 0.2) is 67.1 Å². The summed E-state index contributed by atoms with van der Waals surface area (Å²) in [6.45, 7) is 11.2. The number of allylic oxidation sites excluding steroid dienone is 1. The second-order valence-corrected chi connectivity index (χ2v) is 10.0. The average molecular weight is 468 g/mol. The van der Waals surface area contributed by atoms with Crippen LogP contribution in [0.1, 0.15) is 38.2 Å². The van der Waals surface area contributed by atoms with Crippen molar-refractivity contribution in [2.45, 2.75) is 32.9 Å². The second-order valence-electron chi connectivity index (χ2n) is 10.0. The number of rotatable bonds is 5. The number of aromatic amines is 1. The molecule has 0 amide bonds. The van der Waals surface area contributed by atoms with Crippen LogP contribution in [0.25, 0.3) is 16.6 Å². The van der Waals surface area contributed by atoms with Crippen LogP contribution in [-0.4, -0.2) is 56.9 Å². The number of piperazine rings is 1. The minimum atomic E-state index is 0.109. The Labute approximate surface area is 206 Å². The van der Waals surface area contributed by atoms with Crippen molar-refractivity contribution in [3.05, 3.63) is 78.5 Å². The van der Waals surface area contributed by atoms with Crippen LogP contribution in [0.3, 0.4) is 0 Å². The molecule has 0 saturated carbocycles. The highest BCUT2D eigenvalue weighted by Gasteiger charge is 2.30. The molecule has 4 aromatic rings. The van der Waals surface area contributed by atoms with Gasteiger partial charge in [-0.2, -0.15) is 5.10 Å². The quantitative estimate of drug-likeness (QED) is 0.433. The van der Waals surface area contributed by atoms with Crippen molar-refractivity contribution in [2.24, 2.45) is 5.92 Å². The zero-order valence-corrected chi connectivity index (χ0v) is 20.6. The van der Waals surface area contributed by atoms with Crippen molar-refractivity contribution in [3.8, 4) is 0 Å². The number of hydrogen-bond donors (Lipinski definition) is 2. The zero-order chi connectivity index (χ0) is 23.9. The van der Waals surface area contributed by atoms with E-state index >= 15 is 0 Å². The monoisotopic (exact) mass is 467 g/mol. The maximum absolute atomic E-state index is 4.62. The topological polar surface area (TPSA) is 65.0 Å². The summed E-state index contributed by atoms with van der Waals surface area (Å²) in [7, 11) is 0. The Morgan fingerprint density at radius 2 is 1.80 bits per heavy atom. The number of aromatic nitrogens is 4. The van der Waals surface area contributed by atoms with Gasteiger partial charge in [-0.15, -0.1) is 0 Å². The van der Waals surface area contributed by atoms with E-state index in [2.05, 4.69) is 110 Å². The molecule has 2 N–H and O–H groups in total. The maximum Gasteiger partial charge on any atom is 0.174 e. The summed E-state index contributed by atoms with van der Waals surface area (Å²) in [5, 5.41) is 9.45. The van der Waals surface area contributed by atoms with Crippen LogP contribution in [0, 0.1) is 5.92 Å². The van der Waals surface area contributed by atoms with Crippen LogP contribution < -0.4 is 10.2 Å². The molecule has 7 nitrogen and oxygen atoms in total. The van der Waals surface area contributed by atoms with Crippen LogP contribution >= 0.6 is 0 Å².